The van der Waals surface area contributed by atoms with E-state index in [2.05, 4.69) is 4.98 Å². The van der Waals surface area contributed by atoms with Gasteiger partial charge in [-0.25, -0.2) is 13.8 Å². The zero-order chi connectivity index (χ0) is 21.2. The van der Waals surface area contributed by atoms with Crippen molar-refractivity contribution >= 4 is 5.78 Å². The number of Topliss-reactive ketones (excluding diaryl/α,β-unsaturated/α-hetero) is 1. The minimum absolute atomic E-state index is 0.000768. The Hall–Kier alpha value is -2.82. The molecule has 0 bridgehead atoms. The predicted molar refractivity (Wildman–Crippen MR) is 111 cm³/mol. The molecule has 3 aromatic rings. The van der Waals surface area contributed by atoms with Crippen LogP contribution in [-0.2, 0) is 19.4 Å². The van der Waals surface area contributed by atoms with Gasteiger partial charge in [-0.1, -0.05) is 50.2 Å². The summed E-state index contributed by atoms with van der Waals surface area (Å²) in [6.45, 7) is 4.94. The van der Waals surface area contributed by atoms with Gasteiger partial charge in [-0.2, -0.15) is 0 Å². The normalized spacial score (nSPS) is 11.8. The molecule has 0 atom stereocenters. The Morgan fingerprint density at radius 1 is 1.14 bits per heavy atom. The first-order valence-electron chi connectivity index (χ1n) is 9.75. The third-order valence-electron chi connectivity index (χ3n) is 4.86. The van der Waals surface area contributed by atoms with E-state index in [0.29, 0.717) is 18.4 Å². The Morgan fingerprint density at radius 2 is 1.83 bits per heavy atom. The molecule has 0 amide bonds. The summed E-state index contributed by atoms with van der Waals surface area (Å²) in [6, 6.07) is 12.1. The largest absolute Gasteiger partial charge is 0.340 e. The van der Waals surface area contributed by atoms with Crippen molar-refractivity contribution in [1.29, 1.82) is 0 Å². The van der Waals surface area contributed by atoms with Crippen molar-refractivity contribution in [3.05, 3.63) is 77.2 Å². The van der Waals surface area contributed by atoms with E-state index in [-0.39, 0.29) is 17.3 Å². The lowest BCUT2D eigenvalue weighted by atomic mass is 9.93. The standard InChI is InChI=1S/C24H26F2N2O/c1-16(2)11-23(29)19-8-7-18(21(13-19)22-14-28(4)15-27-22)12-17-5-9-20(10-6-17)24(3,25)26/h5-10,13-16H,11-12H2,1-4H3. The zero-order valence-corrected chi connectivity index (χ0v) is 17.2. The smallest absolute Gasteiger partial charge is 0.270 e. The number of aryl methyl sites for hydroxylation is 1. The lowest BCUT2D eigenvalue weighted by molar-refractivity contribution is 0.0174. The Bertz CT molecular complexity index is 998. The van der Waals surface area contributed by atoms with Gasteiger partial charge in [0.25, 0.3) is 5.92 Å². The van der Waals surface area contributed by atoms with E-state index in [4.69, 9.17) is 0 Å². The van der Waals surface area contributed by atoms with Gasteiger partial charge in [0.05, 0.1) is 12.0 Å². The van der Waals surface area contributed by atoms with Crippen LogP contribution in [0.1, 0.15) is 54.2 Å². The summed E-state index contributed by atoms with van der Waals surface area (Å²) in [5.74, 6) is -2.45. The molecule has 0 aliphatic carbocycles. The molecule has 152 valence electrons. The van der Waals surface area contributed by atoms with Crippen LogP contribution in [0.5, 0.6) is 0 Å². The molecule has 2 aromatic carbocycles. The van der Waals surface area contributed by atoms with E-state index in [1.165, 1.54) is 12.1 Å². The SMILES string of the molecule is CC(C)CC(=O)c1ccc(Cc2ccc(C(C)(F)F)cc2)c(-c2cn(C)cn2)c1. The van der Waals surface area contributed by atoms with Crippen molar-refractivity contribution in [1.82, 2.24) is 9.55 Å². The highest BCUT2D eigenvalue weighted by Gasteiger charge is 2.23. The molecule has 1 heterocycles. The maximum absolute atomic E-state index is 13.5. The highest BCUT2D eigenvalue weighted by atomic mass is 19.3. The number of imidazole rings is 1. The van der Waals surface area contributed by atoms with Crippen molar-refractivity contribution in [3.8, 4) is 11.3 Å². The van der Waals surface area contributed by atoms with E-state index < -0.39 is 5.92 Å². The van der Waals surface area contributed by atoms with Crippen LogP contribution in [0.2, 0.25) is 0 Å². The van der Waals surface area contributed by atoms with Crippen molar-refractivity contribution < 1.29 is 13.6 Å². The Kier molecular flexibility index (Phi) is 5.96. The molecule has 0 fully saturated rings. The molecular weight excluding hydrogens is 370 g/mol. The van der Waals surface area contributed by atoms with Gasteiger partial charge in [0, 0.05) is 43.3 Å². The van der Waals surface area contributed by atoms with Crippen LogP contribution in [0.3, 0.4) is 0 Å². The number of carbonyl (C=O) groups is 1. The summed E-state index contributed by atoms with van der Waals surface area (Å²) in [5.41, 5.74) is 4.28. The molecule has 0 spiro atoms. The van der Waals surface area contributed by atoms with Gasteiger partial charge in [-0.05, 0) is 29.5 Å². The molecule has 0 unspecified atom stereocenters. The number of alkyl halides is 2. The summed E-state index contributed by atoms with van der Waals surface area (Å²) in [6.07, 6.45) is 4.70. The van der Waals surface area contributed by atoms with E-state index >= 15 is 0 Å². The van der Waals surface area contributed by atoms with Gasteiger partial charge in [0.15, 0.2) is 5.78 Å². The number of nitrogens with zero attached hydrogens (tertiary/aromatic N) is 2. The average molecular weight is 396 g/mol. The second kappa shape index (κ2) is 8.27. The molecule has 1 aromatic heterocycles. The molecule has 0 aliphatic rings. The molecule has 0 N–H and O–H groups in total. The quantitative estimate of drug-likeness (QED) is 0.458. The van der Waals surface area contributed by atoms with Crippen molar-refractivity contribution in [3.63, 3.8) is 0 Å². The van der Waals surface area contributed by atoms with Gasteiger partial charge in [0.1, 0.15) is 0 Å². The van der Waals surface area contributed by atoms with Gasteiger partial charge in [0.2, 0.25) is 0 Å². The molecule has 0 radical (unpaired) electrons. The van der Waals surface area contributed by atoms with Crippen LogP contribution < -0.4 is 0 Å². The summed E-state index contributed by atoms with van der Waals surface area (Å²) in [5, 5.41) is 0. The number of rotatable bonds is 7. The first-order chi connectivity index (χ1) is 13.6. The van der Waals surface area contributed by atoms with Gasteiger partial charge in [-0.3, -0.25) is 4.79 Å². The molecule has 29 heavy (non-hydrogen) atoms. The third kappa shape index (κ3) is 5.17. The zero-order valence-electron chi connectivity index (χ0n) is 17.2. The predicted octanol–water partition coefficient (Wildman–Crippen LogP) is 6.02. The highest BCUT2D eigenvalue weighted by Crippen LogP contribution is 2.29. The van der Waals surface area contributed by atoms with Gasteiger partial charge >= 0.3 is 0 Å². The first kappa shape index (κ1) is 20.9. The molecule has 5 heteroatoms. The molecule has 0 saturated carbocycles. The minimum atomic E-state index is -2.85. The lowest BCUT2D eigenvalue weighted by Gasteiger charge is -2.13. The number of halogens is 2. The fourth-order valence-electron chi connectivity index (χ4n) is 3.32. The number of carbonyl (C=O) groups excluding carboxylic acids is 1. The topological polar surface area (TPSA) is 34.9 Å². The second-order valence-electron chi connectivity index (χ2n) is 8.08. The Morgan fingerprint density at radius 3 is 2.38 bits per heavy atom. The lowest BCUT2D eigenvalue weighted by Crippen LogP contribution is -2.07. The fourth-order valence-corrected chi connectivity index (χ4v) is 3.32. The summed E-state index contributed by atoms with van der Waals surface area (Å²) in [4.78, 5) is 17.0. The highest BCUT2D eigenvalue weighted by molar-refractivity contribution is 5.97. The second-order valence-corrected chi connectivity index (χ2v) is 8.08. The monoisotopic (exact) mass is 396 g/mol. The van der Waals surface area contributed by atoms with Crippen LogP contribution >= 0.6 is 0 Å². The van der Waals surface area contributed by atoms with Gasteiger partial charge in [-0.15, -0.1) is 0 Å². The number of hydrogen-bond donors (Lipinski definition) is 0. The average Bonchev–Trinajstić information content (AvgIpc) is 3.07. The van der Waals surface area contributed by atoms with Crippen LogP contribution in [0.15, 0.2) is 55.0 Å². The van der Waals surface area contributed by atoms with E-state index in [0.717, 1.165) is 29.3 Å². The van der Waals surface area contributed by atoms with Crippen LogP contribution in [-0.4, -0.2) is 15.3 Å². The number of aromatic nitrogens is 2. The van der Waals surface area contributed by atoms with E-state index in [1.54, 1.807) is 18.5 Å². The van der Waals surface area contributed by atoms with Crippen molar-refractivity contribution in [2.24, 2.45) is 13.0 Å². The minimum Gasteiger partial charge on any atom is -0.340 e. The summed E-state index contributed by atoms with van der Waals surface area (Å²) < 4.78 is 28.8. The van der Waals surface area contributed by atoms with Crippen molar-refractivity contribution in [2.75, 3.05) is 0 Å². The summed E-state index contributed by atoms with van der Waals surface area (Å²) in [7, 11) is 1.90. The Balaban J connectivity index is 1.96. The Labute approximate surface area is 170 Å². The first-order valence-corrected chi connectivity index (χ1v) is 9.75. The fraction of sp³-hybridized carbons (Fsp3) is 0.333. The van der Waals surface area contributed by atoms with Crippen LogP contribution in [0, 0.1) is 5.92 Å². The van der Waals surface area contributed by atoms with Crippen molar-refractivity contribution in [2.45, 2.75) is 39.5 Å². The molecule has 3 nitrogen and oxygen atoms in total. The number of hydrogen-bond acceptors (Lipinski definition) is 2. The molecule has 3 rings (SSSR count). The number of benzene rings is 2. The van der Waals surface area contributed by atoms with Crippen LogP contribution in [0.4, 0.5) is 8.78 Å². The molecule has 0 saturated heterocycles. The number of ketones is 1. The molecular formula is C24H26F2N2O. The van der Waals surface area contributed by atoms with Gasteiger partial charge < -0.3 is 4.57 Å². The third-order valence-corrected chi connectivity index (χ3v) is 4.86. The van der Waals surface area contributed by atoms with Crippen LogP contribution in [0.25, 0.3) is 11.3 Å². The maximum atomic E-state index is 13.5. The summed E-state index contributed by atoms with van der Waals surface area (Å²) >= 11 is 0. The molecule has 0 aliphatic heterocycles. The maximum Gasteiger partial charge on any atom is 0.270 e. The van der Waals surface area contributed by atoms with E-state index in [9.17, 15) is 13.6 Å². The van der Waals surface area contributed by atoms with E-state index in [1.807, 2.05) is 49.9 Å².